The first-order chi connectivity index (χ1) is 9.88. The molecule has 0 saturated heterocycles. The first-order valence-electron chi connectivity index (χ1n) is 5.77. The number of hydrogen-bond acceptors (Lipinski definition) is 3. The quantitative estimate of drug-likeness (QED) is 0.727. The Morgan fingerprint density at radius 3 is 2.52 bits per heavy atom. The van der Waals surface area contributed by atoms with Gasteiger partial charge in [-0.2, -0.15) is 0 Å². The largest absolute Gasteiger partial charge is 0.507 e. The summed E-state index contributed by atoms with van der Waals surface area (Å²) in [5.74, 6) is -1.67. The third-order valence-electron chi connectivity index (χ3n) is 2.70. The van der Waals surface area contributed by atoms with Gasteiger partial charge in [-0.15, -0.1) is 0 Å². The molecule has 0 unspecified atom stereocenters. The number of halogens is 2. The summed E-state index contributed by atoms with van der Waals surface area (Å²) >= 11 is 8.20. The lowest BCUT2D eigenvalue weighted by atomic mass is 10.1. The minimum Gasteiger partial charge on any atom is -0.507 e. The molecule has 0 spiro atoms. The van der Waals surface area contributed by atoms with E-state index in [9.17, 15) is 14.3 Å². The minimum absolute atomic E-state index is 0.0507. The summed E-state index contributed by atoms with van der Waals surface area (Å²) in [6, 6.07) is 8.17. The van der Waals surface area contributed by atoms with Gasteiger partial charge in [0.1, 0.15) is 16.6 Å². The van der Waals surface area contributed by atoms with Crippen LogP contribution in [0.3, 0.4) is 0 Å². The molecule has 2 aromatic rings. The zero-order valence-corrected chi connectivity index (χ0v) is 13.0. The Labute approximate surface area is 133 Å². The van der Waals surface area contributed by atoms with Crippen LogP contribution in [-0.4, -0.2) is 16.0 Å². The predicted molar refractivity (Wildman–Crippen MR) is 86.0 cm³/mol. The van der Waals surface area contributed by atoms with Crippen molar-refractivity contribution < 1.29 is 14.3 Å². The number of nitrogens with two attached hydrogens (primary N) is 1. The Morgan fingerprint density at radius 1 is 1.24 bits per heavy atom. The lowest BCUT2D eigenvalue weighted by Gasteiger charge is -2.11. The number of carbonyl (C=O) groups excluding carboxylic acids is 1. The molecule has 4 nitrogen and oxygen atoms in total. The fourth-order valence-corrected chi connectivity index (χ4v) is 2.26. The third-order valence-corrected chi connectivity index (χ3v) is 3.41. The van der Waals surface area contributed by atoms with Crippen LogP contribution in [0.4, 0.5) is 10.1 Å². The molecule has 0 aliphatic heterocycles. The monoisotopic (exact) mass is 368 g/mol. The summed E-state index contributed by atoms with van der Waals surface area (Å²) in [4.78, 5) is 12.3. The van der Waals surface area contributed by atoms with Crippen LogP contribution in [-0.2, 0) is 0 Å². The first-order valence-corrected chi connectivity index (χ1v) is 6.98. The molecule has 0 saturated carbocycles. The molecule has 1 amide bonds. The van der Waals surface area contributed by atoms with E-state index in [2.05, 4.69) is 21.2 Å². The fraction of sp³-hybridized carbons (Fsp3) is 0. The Balaban J connectivity index is 2.35. The van der Waals surface area contributed by atoms with Gasteiger partial charge < -0.3 is 16.2 Å². The Bertz CT molecular complexity index is 737. The Hall–Kier alpha value is -1.99. The van der Waals surface area contributed by atoms with Gasteiger partial charge in [-0.3, -0.25) is 4.79 Å². The van der Waals surface area contributed by atoms with Crippen LogP contribution in [0, 0.1) is 5.82 Å². The molecule has 7 heteroatoms. The van der Waals surface area contributed by atoms with Crippen LogP contribution in [0.2, 0.25) is 0 Å². The van der Waals surface area contributed by atoms with Crippen LogP contribution in [0.5, 0.6) is 5.75 Å². The summed E-state index contributed by atoms with van der Waals surface area (Å²) in [7, 11) is 0. The number of phenolic OH excluding ortho intramolecular Hbond substituents is 1. The maximum absolute atomic E-state index is 12.9. The number of carbonyl (C=O) groups is 1. The van der Waals surface area contributed by atoms with Gasteiger partial charge in [-0.25, -0.2) is 4.39 Å². The van der Waals surface area contributed by atoms with E-state index in [-0.39, 0.29) is 10.6 Å². The van der Waals surface area contributed by atoms with Gasteiger partial charge in [0.2, 0.25) is 0 Å². The molecule has 0 radical (unpaired) electrons. The van der Waals surface area contributed by atoms with Gasteiger partial charge in [0, 0.05) is 16.1 Å². The average molecular weight is 369 g/mol. The third kappa shape index (κ3) is 3.56. The van der Waals surface area contributed by atoms with Crippen molar-refractivity contribution in [2.24, 2.45) is 5.73 Å². The molecule has 2 rings (SSSR count). The molecule has 21 heavy (non-hydrogen) atoms. The van der Waals surface area contributed by atoms with Crippen molar-refractivity contribution >= 4 is 44.7 Å². The zero-order valence-electron chi connectivity index (χ0n) is 10.6. The van der Waals surface area contributed by atoms with Gasteiger partial charge >= 0.3 is 0 Å². The summed E-state index contributed by atoms with van der Waals surface area (Å²) in [5.41, 5.74) is 6.43. The molecule has 0 aliphatic rings. The molecule has 0 atom stereocenters. The molecule has 0 aliphatic carbocycles. The molecule has 108 valence electrons. The second kappa shape index (κ2) is 6.19. The molecular weight excluding hydrogens is 359 g/mol. The van der Waals surface area contributed by atoms with Crippen LogP contribution < -0.4 is 11.1 Å². The predicted octanol–water partition coefficient (Wildman–Crippen LogP) is 3.18. The van der Waals surface area contributed by atoms with Gasteiger partial charge in [-0.05, 0) is 30.3 Å². The minimum atomic E-state index is -0.629. The van der Waals surface area contributed by atoms with Crippen molar-refractivity contribution in [2.45, 2.75) is 0 Å². The second-order valence-electron chi connectivity index (χ2n) is 4.17. The molecule has 2 aromatic carbocycles. The molecule has 4 N–H and O–H groups in total. The van der Waals surface area contributed by atoms with E-state index >= 15 is 0 Å². The van der Waals surface area contributed by atoms with Gasteiger partial charge in [0.25, 0.3) is 5.91 Å². The highest BCUT2D eigenvalue weighted by molar-refractivity contribution is 9.10. The highest BCUT2D eigenvalue weighted by atomic mass is 79.9. The van der Waals surface area contributed by atoms with Crippen LogP contribution in [0.15, 0.2) is 40.9 Å². The smallest absolute Gasteiger partial charge is 0.259 e. The number of amides is 1. The maximum Gasteiger partial charge on any atom is 0.259 e. The summed E-state index contributed by atoms with van der Waals surface area (Å²) < 4.78 is 13.7. The number of rotatable bonds is 3. The molecule has 0 bridgehead atoms. The normalized spacial score (nSPS) is 10.2. The number of anilines is 1. The summed E-state index contributed by atoms with van der Waals surface area (Å²) in [6.07, 6.45) is 0. The van der Waals surface area contributed by atoms with E-state index in [1.807, 2.05) is 0 Å². The number of nitrogens with one attached hydrogen (secondary N) is 1. The molecule has 0 aromatic heterocycles. The summed E-state index contributed by atoms with van der Waals surface area (Å²) in [5, 5.41) is 12.2. The first kappa shape index (κ1) is 15.4. The number of thiocarbonyl (C=S) groups is 1. The maximum atomic E-state index is 12.9. The van der Waals surface area contributed by atoms with E-state index in [1.165, 1.54) is 6.07 Å². The second-order valence-corrected chi connectivity index (χ2v) is 5.53. The highest BCUT2D eigenvalue weighted by Gasteiger charge is 2.15. The number of aromatic hydroxyl groups is 1. The molecule has 0 fully saturated rings. The van der Waals surface area contributed by atoms with Crippen molar-refractivity contribution in [2.75, 3.05) is 5.32 Å². The van der Waals surface area contributed by atoms with Crippen molar-refractivity contribution in [3.8, 4) is 5.75 Å². The van der Waals surface area contributed by atoms with Gasteiger partial charge in [0.15, 0.2) is 0 Å². The van der Waals surface area contributed by atoms with Gasteiger partial charge in [0.05, 0.1) is 11.3 Å². The van der Waals surface area contributed by atoms with Crippen LogP contribution >= 0.6 is 28.1 Å². The van der Waals surface area contributed by atoms with E-state index in [0.717, 1.165) is 16.6 Å². The van der Waals surface area contributed by atoms with Crippen molar-refractivity contribution in [1.82, 2.24) is 0 Å². The van der Waals surface area contributed by atoms with Crippen molar-refractivity contribution in [3.63, 3.8) is 0 Å². The lowest BCUT2D eigenvalue weighted by molar-refractivity contribution is 0.102. The standard InChI is InChI=1S/C14H10BrFN2O2S/c15-7-1-3-9(13(17)21)11(5-7)18-14(20)10-4-2-8(16)6-12(10)19/h1-6,19H,(H2,17,21)(H,18,20). The van der Waals surface area contributed by atoms with Crippen LogP contribution in [0.1, 0.15) is 15.9 Å². The lowest BCUT2D eigenvalue weighted by Crippen LogP contribution is -2.17. The van der Waals surface area contributed by atoms with E-state index in [0.29, 0.717) is 11.3 Å². The number of hydrogen-bond donors (Lipinski definition) is 3. The topological polar surface area (TPSA) is 75.3 Å². The van der Waals surface area contributed by atoms with E-state index < -0.39 is 17.5 Å². The molecular formula is C14H10BrFN2O2S. The zero-order chi connectivity index (χ0) is 15.6. The SMILES string of the molecule is NC(=S)c1ccc(Br)cc1NC(=O)c1ccc(F)cc1O. The Kier molecular flexibility index (Phi) is 4.54. The Morgan fingerprint density at radius 2 is 1.90 bits per heavy atom. The molecule has 0 heterocycles. The number of benzene rings is 2. The van der Waals surface area contributed by atoms with Crippen molar-refractivity contribution in [3.05, 3.63) is 57.8 Å². The van der Waals surface area contributed by atoms with Crippen LogP contribution in [0.25, 0.3) is 0 Å². The summed E-state index contributed by atoms with van der Waals surface area (Å²) in [6.45, 7) is 0. The highest BCUT2D eigenvalue weighted by Crippen LogP contribution is 2.24. The van der Waals surface area contributed by atoms with E-state index in [4.69, 9.17) is 18.0 Å². The van der Waals surface area contributed by atoms with E-state index in [1.54, 1.807) is 18.2 Å². The average Bonchev–Trinajstić information content (AvgIpc) is 2.37. The van der Waals surface area contributed by atoms with Gasteiger partial charge in [-0.1, -0.05) is 28.1 Å². The number of phenols is 1. The van der Waals surface area contributed by atoms with Crippen molar-refractivity contribution in [1.29, 1.82) is 0 Å². The fourth-order valence-electron chi connectivity index (χ4n) is 1.72.